The Morgan fingerprint density at radius 1 is 1.50 bits per heavy atom. The first-order valence-electron chi connectivity index (χ1n) is 4.39. The van der Waals surface area contributed by atoms with Gasteiger partial charge in [0.25, 0.3) is 0 Å². The van der Waals surface area contributed by atoms with Gasteiger partial charge in [-0.1, -0.05) is 6.08 Å². The summed E-state index contributed by atoms with van der Waals surface area (Å²) >= 11 is 0. The molecule has 1 N–H and O–H groups in total. The first kappa shape index (κ1) is 9.42. The van der Waals surface area contributed by atoms with Crippen LogP contribution in [0.3, 0.4) is 0 Å². The molecule has 0 spiro atoms. The van der Waals surface area contributed by atoms with Crippen molar-refractivity contribution < 1.29 is 4.79 Å². The molecule has 1 aliphatic rings. The Bertz CT molecular complexity index is 171. The lowest BCUT2D eigenvalue weighted by Crippen LogP contribution is -2.43. The maximum atomic E-state index is 10.6. The van der Waals surface area contributed by atoms with Crippen molar-refractivity contribution in [3.8, 4) is 0 Å². The molecular formula is C9H16N2O. The van der Waals surface area contributed by atoms with Gasteiger partial charge in [0.2, 0.25) is 0 Å². The van der Waals surface area contributed by atoms with Crippen LogP contribution in [-0.4, -0.2) is 43.4 Å². The Morgan fingerprint density at radius 2 is 2.17 bits per heavy atom. The molecule has 1 rings (SSSR count). The summed E-state index contributed by atoms with van der Waals surface area (Å²) in [6, 6.07) is 0. The Morgan fingerprint density at radius 3 is 2.75 bits per heavy atom. The molecule has 3 heteroatoms. The molecule has 68 valence electrons. The number of carbonyl (C=O) groups is 1. The summed E-state index contributed by atoms with van der Waals surface area (Å²) in [5, 5.41) is 3.28. The average molecular weight is 168 g/mol. The molecule has 0 bridgehead atoms. The van der Waals surface area contributed by atoms with Crippen LogP contribution in [0.1, 0.15) is 6.92 Å². The van der Waals surface area contributed by atoms with Crippen LogP contribution in [-0.2, 0) is 4.79 Å². The van der Waals surface area contributed by atoms with Gasteiger partial charge in [-0.05, 0) is 13.0 Å². The average Bonchev–Trinajstić information content (AvgIpc) is 2.05. The molecule has 0 aromatic rings. The summed E-state index contributed by atoms with van der Waals surface area (Å²) in [5.41, 5.74) is 0. The van der Waals surface area contributed by atoms with Gasteiger partial charge >= 0.3 is 0 Å². The maximum absolute atomic E-state index is 10.6. The van der Waals surface area contributed by atoms with E-state index in [0.717, 1.165) is 32.7 Å². The van der Waals surface area contributed by atoms with E-state index in [9.17, 15) is 4.79 Å². The Kier molecular flexibility index (Phi) is 3.97. The summed E-state index contributed by atoms with van der Waals surface area (Å²) in [4.78, 5) is 12.9. The smallest absolute Gasteiger partial charge is 0.152 e. The second-order valence-electron chi connectivity index (χ2n) is 3.06. The van der Waals surface area contributed by atoms with E-state index in [0.29, 0.717) is 0 Å². The SMILES string of the molecule is CC(=O)/C=C/CN1CCNCC1. The molecule has 0 aromatic carbocycles. The number of carbonyl (C=O) groups excluding carboxylic acids is 1. The molecule has 12 heavy (non-hydrogen) atoms. The van der Waals surface area contributed by atoms with Crippen LogP contribution in [0.2, 0.25) is 0 Å². The van der Waals surface area contributed by atoms with Crippen molar-refractivity contribution in [3.05, 3.63) is 12.2 Å². The third kappa shape index (κ3) is 3.64. The highest BCUT2D eigenvalue weighted by atomic mass is 16.1. The number of allylic oxidation sites excluding steroid dienone is 1. The molecule has 0 radical (unpaired) electrons. The first-order chi connectivity index (χ1) is 5.79. The minimum Gasteiger partial charge on any atom is -0.314 e. The minimum atomic E-state index is 0.130. The molecule has 0 aliphatic carbocycles. The predicted molar refractivity (Wildman–Crippen MR) is 49.1 cm³/mol. The van der Waals surface area contributed by atoms with Gasteiger partial charge < -0.3 is 5.32 Å². The van der Waals surface area contributed by atoms with E-state index in [1.165, 1.54) is 0 Å². The molecule has 1 saturated heterocycles. The van der Waals surface area contributed by atoms with Crippen molar-refractivity contribution in [2.75, 3.05) is 32.7 Å². The van der Waals surface area contributed by atoms with E-state index in [1.54, 1.807) is 13.0 Å². The molecule has 1 heterocycles. The van der Waals surface area contributed by atoms with Gasteiger partial charge in [0, 0.05) is 32.7 Å². The van der Waals surface area contributed by atoms with E-state index in [4.69, 9.17) is 0 Å². The summed E-state index contributed by atoms with van der Waals surface area (Å²) in [5.74, 6) is 0.130. The van der Waals surface area contributed by atoms with Crippen LogP contribution >= 0.6 is 0 Å². The van der Waals surface area contributed by atoms with Crippen molar-refractivity contribution in [1.82, 2.24) is 10.2 Å². The number of nitrogens with zero attached hydrogens (tertiary/aromatic N) is 1. The normalized spacial score (nSPS) is 20.1. The highest BCUT2D eigenvalue weighted by molar-refractivity contribution is 5.87. The second kappa shape index (κ2) is 5.06. The largest absolute Gasteiger partial charge is 0.314 e. The van der Waals surface area contributed by atoms with Crippen molar-refractivity contribution in [2.45, 2.75) is 6.92 Å². The third-order valence-corrected chi connectivity index (χ3v) is 1.93. The molecule has 3 nitrogen and oxygen atoms in total. The zero-order chi connectivity index (χ0) is 8.81. The van der Waals surface area contributed by atoms with Crippen molar-refractivity contribution >= 4 is 5.78 Å². The van der Waals surface area contributed by atoms with Crippen molar-refractivity contribution in [3.63, 3.8) is 0 Å². The molecule has 0 unspecified atom stereocenters. The van der Waals surface area contributed by atoms with E-state index in [-0.39, 0.29) is 5.78 Å². The summed E-state index contributed by atoms with van der Waals surface area (Å²) < 4.78 is 0. The van der Waals surface area contributed by atoms with Gasteiger partial charge in [-0.2, -0.15) is 0 Å². The van der Waals surface area contributed by atoms with Gasteiger partial charge in [-0.3, -0.25) is 9.69 Å². The third-order valence-electron chi connectivity index (χ3n) is 1.93. The second-order valence-corrected chi connectivity index (χ2v) is 3.06. The quantitative estimate of drug-likeness (QED) is 0.604. The summed E-state index contributed by atoms with van der Waals surface area (Å²) in [7, 11) is 0. The predicted octanol–water partition coefficient (Wildman–Crippen LogP) is 0.0368. The van der Waals surface area contributed by atoms with Crippen molar-refractivity contribution in [1.29, 1.82) is 0 Å². The van der Waals surface area contributed by atoms with Crippen LogP contribution in [0.4, 0.5) is 0 Å². The van der Waals surface area contributed by atoms with E-state index in [1.807, 2.05) is 6.08 Å². The number of hydrogen-bond acceptors (Lipinski definition) is 3. The number of hydrogen-bond donors (Lipinski definition) is 1. The van der Waals surface area contributed by atoms with Crippen LogP contribution in [0.25, 0.3) is 0 Å². The summed E-state index contributed by atoms with van der Waals surface area (Å²) in [6.07, 6.45) is 3.58. The highest BCUT2D eigenvalue weighted by Gasteiger charge is 2.06. The van der Waals surface area contributed by atoms with Crippen molar-refractivity contribution in [2.24, 2.45) is 0 Å². The maximum Gasteiger partial charge on any atom is 0.152 e. The van der Waals surface area contributed by atoms with Crippen LogP contribution in [0.15, 0.2) is 12.2 Å². The van der Waals surface area contributed by atoms with Crippen LogP contribution in [0, 0.1) is 0 Å². The number of nitrogens with one attached hydrogen (secondary N) is 1. The minimum absolute atomic E-state index is 0.130. The van der Waals surface area contributed by atoms with E-state index in [2.05, 4.69) is 10.2 Å². The fourth-order valence-electron chi connectivity index (χ4n) is 1.26. The summed E-state index contributed by atoms with van der Waals surface area (Å²) in [6.45, 7) is 6.78. The molecule has 0 amide bonds. The fraction of sp³-hybridized carbons (Fsp3) is 0.667. The van der Waals surface area contributed by atoms with Gasteiger partial charge in [0.05, 0.1) is 0 Å². The van der Waals surface area contributed by atoms with Gasteiger partial charge in [0.1, 0.15) is 0 Å². The Labute approximate surface area is 73.4 Å². The standard InChI is InChI=1S/C9H16N2O/c1-9(12)3-2-6-11-7-4-10-5-8-11/h2-3,10H,4-8H2,1H3/b3-2+. The highest BCUT2D eigenvalue weighted by Crippen LogP contribution is 1.91. The molecule has 1 aliphatic heterocycles. The molecular weight excluding hydrogens is 152 g/mol. The molecule has 1 fully saturated rings. The van der Waals surface area contributed by atoms with E-state index < -0.39 is 0 Å². The molecule has 0 aromatic heterocycles. The number of piperazine rings is 1. The Balaban J connectivity index is 2.17. The fourth-order valence-corrected chi connectivity index (χ4v) is 1.26. The Hall–Kier alpha value is -0.670. The number of ketones is 1. The zero-order valence-electron chi connectivity index (χ0n) is 7.55. The van der Waals surface area contributed by atoms with Crippen LogP contribution in [0.5, 0.6) is 0 Å². The van der Waals surface area contributed by atoms with E-state index >= 15 is 0 Å². The van der Waals surface area contributed by atoms with Crippen LogP contribution < -0.4 is 5.32 Å². The monoisotopic (exact) mass is 168 g/mol. The zero-order valence-corrected chi connectivity index (χ0v) is 7.55. The first-order valence-corrected chi connectivity index (χ1v) is 4.39. The lowest BCUT2D eigenvalue weighted by atomic mass is 10.3. The molecule has 0 atom stereocenters. The molecule has 0 saturated carbocycles. The topological polar surface area (TPSA) is 32.3 Å². The van der Waals surface area contributed by atoms with Gasteiger partial charge in [-0.15, -0.1) is 0 Å². The van der Waals surface area contributed by atoms with Gasteiger partial charge in [0.15, 0.2) is 5.78 Å². The number of rotatable bonds is 3. The lowest BCUT2D eigenvalue weighted by molar-refractivity contribution is -0.112. The van der Waals surface area contributed by atoms with Gasteiger partial charge in [-0.25, -0.2) is 0 Å². The lowest BCUT2D eigenvalue weighted by Gasteiger charge is -2.25.